The average molecular weight is 179 g/mol. The molecule has 0 amide bonds. The summed E-state index contributed by atoms with van der Waals surface area (Å²) in [6.07, 6.45) is 8.79. The van der Waals surface area contributed by atoms with Crippen molar-refractivity contribution in [3.63, 3.8) is 0 Å². The number of piperazine rings is 1. The van der Waals surface area contributed by atoms with Gasteiger partial charge in [-0.1, -0.05) is 6.08 Å². The smallest absolute Gasteiger partial charge is 0.0985 e. The minimum Gasteiger partial charge on any atom is -0.372 e. The zero-order valence-electron chi connectivity index (χ0n) is 8.11. The van der Waals surface area contributed by atoms with Crippen molar-refractivity contribution in [3.8, 4) is 0 Å². The molecule has 0 radical (unpaired) electrons. The van der Waals surface area contributed by atoms with E-state index in [0.717, 1.165) is 13.1 Å². The molecular weight excluding hydrogens is 162 g/mol. The highest BCUT2D eigenvalue weighted by Crippen LogP contribution is 2.06. The summed E-state index contributed by atoms with van der Waals surface area (Å²) in [6, 6.07) is 0. The zero-order chi connectivity index (χ0) is 9.10. The van der Waals surface area contributed by atoms with E-state index >= 15 is 0 Å². The number of hydrogen-bond donors (Lipinski definition) is 1. The van der Waals surface area contributed by atoms with Crippen LogP contribution in [0.15, 0.2) is 24.4 Å². The Balaban J connectivity index is 1.87. The number of hydrogen-bond acceptors (Lipinski definition) is 3. The summed E-state index contributed by atoms with van der Waals surface area (Å²) in [7, 11) is 2.18. The molecule has 0 spiro atoms. The van der Waals surface area contributed by atoms with Crippen LogP contribution >= 0.6 is 0 Å². The molecule has 3 heteroatoms. The monoisotopic (exact) mass is 179 g/mol. The predicted octanol–water partition coefficient (Wildman–Crippen LogP) is 0.233. The molecule has 72 valence electrons. The summed E-state index contributed by atoms with van der Waals surface area (Å²) >= 11 is 0. The predicted molar refractivity (Wildman–Crippen MR) is 54.3 cm³/mol. The lowest BCUT2D eigenvalue weighted by Crippen LogP contribution is -2.52. The molecule has 0 aromatic carbocycles. The molecular formula is C10H17N3. The largest absolute Gasteiger partial charge is 0.372 e. The maximum Gasteiger partial charge on any atom is 0.0985 e. The van der Waals surface area contributed by atoms with Crippen molar-refractivity contribution in [1.82, 2.24) is 15.1 Å². The fourth-order valence-electron chi connectivity index (χ4n) is 1.76. The van der Waals surface area contributed by atoms with Crippen LogP contribution in [0.1, 0.15) is 0 Å². The van der Waals surface area contributed by atoms with Crippen LogP contribution in [0.4, 0.5) is 0 Å². The topological polar surface area (TPSA) is 18.5 Å². The summed E-state index contributed by atoms with van der Waals surface area (Å²) in [5.41, 5.74) is 0. The lowest BCUT2D eigenvalue weighted by atomic mass is 10.2. The normalized spacial score (nSPS) is 30.4. The summed E-state index contributed by atoms with van der Waals surface area (Å²) in [5, 5.41) is 3.34. The van der Waals surface area contributed by atoms with Gasteiger partial charge in [-0.2, -0.15) is 0 Å². The van der Waals surface area contributed by atoms with Crippen LogP contribution in [0.25, 0.3) is 0 Å². The summed E-state index contributed by atoms with van der Waals surface area (Å²) in [4.78, 5) is 4.85. The second-order valence-corrected chi connectivity index (χ2v) is 3.69. The first-order valence-corrected chi connectivity index (χ1v) is 4.88. The van der Waals surface area contributed by atoms with Crippen molar-refractivity contribution < 1.29 is 0 Å². The van der Waals surface area contributed by atoms with Crippen LogP contribution in [0.5, 0.6) is 0 Å². The molecule has 1 atom stereocenters. The molecule has 0 aromatic heterocycles. The standard InChI is InChI=1S/C10H17N3/c1-12-6-8-13(9-7-12)10-4-2-3-5-11-10/h2-5,10-11H,6-9H2,1H3. The fraction of sp³-hybridized carbons (Fsp3) is 0.600. The number of nitrogens with one attached hydrogen (secondary N) is 1. The Kier molecular flexibility index (Phi) is 2.66. The van der Waals surface area contributed by atoms with E-state index in [1.54, 1.807) is 0 Å². The van der Waals surface area contributed by atoms with E-state index in [1.807, 2.05) is 12.3 Å². The minimum absolute atomic E-state index is 0.415. The second kappa shape index (κ2) is 3.94. The van der Waals surface area contributed by atoms with Gasteiger partial charge in [0.15, 0.2) is 0 Å². The summed E-state index contributed by atoms with van der Waals surface area (Å²) < 4.78 is 0. The maximum atomic E-state index is 3.34. The maximum absolute atomic E-state index is 3.34. The highest BCUT2D eigenvalue weighted by Gasteiger charge is 2.19. The Morgan fingerprint density at radius 3 is 2.54 bits per heavy atom. The van der Waals surface area contributed by atoms with Crippen molar-refractivity contribution in [2.45, 2.75) is 6.17 Å². The Labute approximate surface area is 79.7 Å². The van der Waals surface area contributed by atoms with E-state index in [0.29, 0.717) is 6.17 Å². The first-order chi connectivity index (χ1) is 6.36. The van der Waals surface area contributed by atoms with Crippen molar-refractivity contribution >= 4 is 0 Å². The molecule has 2 aliphatic rings. The highest BCUT2D eigenvalue weighted by atomic mass is 15.3. The van der Waals surface area contributed by atoms with Gasteiger partial charge in [0.05, 0.1) is 6.17 Å². The van der Waals surface area contributed by atoms with Crippen molar-refractivity contribution in [3.05, 3.63) is 24.4 Å². The molecule has 13 heavy (non-hydrogen) atoms. The van der Waals surface area contributed by atoms with Crippen molar-refractivity contribution in [1.29, 1.82) is 0 Å². The van der Waals surface area contributed by atoms with Crippen LogP contribution in [0.2, 0.25) is 0 Å². The van der Waals surface area contributed by atoms with Gasteiger partial charge in [0.1, 0.15) is 0 Å². The molecule has 3 nitrogen and oxygen atoms in total. The molecule has 1 saturated heterocycles. The van der Waals surface area contributed by atoms with Gasteiger partial charge in [0.2, 0.25) is 0 Å². The van der Waals surface area contributed by atoms with Gasteiger partial charge in [-0.25, -0.2) is 0 Å². The SMILES string of the molecule is CN1CCN(C2C=CC=CN2)CC1. The van der Waals surface area contributed by atoms with Crippen LogP contribution in [0.3, 0.4) is 0 Å². The molecule has 2 heterocycles. The van der Waals surface area contributed by atoms with Crippen molar-refractivity contribution in [2.24, 2.45) is 0 Å². The van der Waals surface area contributed by atoms with Crippen molar-refractivity contribution in [2.75, 3.05) is 33.2 Å². The van der Waals surface area contributed by atoms with Gasteiger partial charge in [-0.3, -0.25) is 4.90 Å². The number of allylic oxidation sites excluding steroid dienone is 2. The molecule has 0 aromatic rings. The van der Waals surface area contributed by atoms with E-state index < -0.39 is 0 Å². The summed E-state index contributed by atoms with van der Waals surface area (Å²) in [6.45, 7) is 4.67. The van der Waals surface area contributed by atoms with E-state index in [-0.39, 0.29) is 0 Å². The second-order valence-electron chi connectivity index (χ2n) is 3.69. The quantitative estimate of drug-likeness (QED) is 0.622. The lowest BCUT2D eigenvalue weighted by molar-refractivity contribution is 0.121. The minimum atomic E-state index is 0.415. The Morgan fingerprint density at radius 1 is 1.15 bits per heavy atom. The van der Waals surface area contributed by atoms with E-state index in [1.165, 1.54) is 13.1 Å². The van der Waals surface area contributed by atoms with Gasteiger partial charge in [0.25, 0.3) is 0 Å². The first-order valence-electron chi connectivity index (χ1n) is 4.88. The molecule has 0 bridgehead atoms. The number of likely N-dealkylation sites (N-methyl/N-ethyl adjacent to an activating group) is 1. The molecule has 1 unspecified atom stereocenters. The molecule has 0 saturated carbocycles. The zero-order valence-corrected chi connectivity index (χ0v) is 8.11. The molecule has 1 fully saturated rings. The molecule has 0 aliphatic carbocycles. The first kappa shape index (κ1) is 8.78. The number of dihydropyridines is 1. The Hall–Kier alpha value is -0.800. The van der Waals surface area contributed by atoms with Crippen LogP contribution in [-0.2, 0) is 0 Å². The Morgan fingerprint density at radius 2 is 1.92 bits per heavy atom. The van der Waals surface area contributed by atoms with Gasteiger partial charge in [-0.05, 0) is 25.4 Å². The van der Waals surface area contributed by atoms with E-state index in [2.05, 4.69) is 34.3 Å². The Bertz CT molecular complexity index is 214. The van der Waals surface area contributed by atoms with Crippen LogP contribution in [0, 0.1) is 0 Å². The fourth-order valence-corrected chi connectivity index (χ4v) is 1.76. The molecule has 1 N–H and O–H groups in total. The summed E-state index contributed by atoms with van der Waals surface area (Å²) in [5.74, 6) is 0. The van der Waals surface area contributed by atoms with Gasteiger partial charge in [0, 0.05) is 26.2 Å². The number of rotatable bonds is 1. The highest BCUT2D eigenvalue weighted by molar-refractivity contribution is 5.11. The van der Waals surface area contributed by atoms with Crippen LogP contribution < -0.4 is 5.32 Å². The van der Waals surface area contributed by atoms with Gasteiger partial charge < -0.3 is 10.2 Å². The van der Waals surface area contributed by atoms with E-state index in [4.69, 9.17) is 0 Å². The lowest BCUT2D eigenvalue weighted by Gasteiger charge is -2.37. The van der Waals surface area contributed by atoms with Gasteiger partial charge in [-0.15, -0.1) is 0 Å². The number of nitrogens with zero attached hydrogens (tertiary/aromatic N) is 2. The third-order valence-electron chi connectivity index (χ3n) is 2.70. The third-order valence-corrected chi connectivity index (χ3v) is 2.70. The molecule has 2 rings (SSSR count). The average Bonchev–Trinajstić information content (AvgIpc) is 2.20. The van der Waals surface area contributed by atoms with E-state index in [9.17, 15) is 0 Å². The third kappa shape index (κ3) is 2.11. The van der Waals surface area contributed by atoms with Crippen LogP contribution in [-0.4, -0.2) is 49.2 Å². The molecule has 2 aliphatic heterocycles. The van der Waals surface area contributed by atoms with Gasteiger partial charge >= 0.3 is 0 Å².